The molecule has 8 heteroatoms. The van der Waals surface area contributed by atoms with Crippen molar-refractivity contribution in [2.75, 3.05) is 38.9 Å². The van der Waals surface area contributed by atoms with E-state index in [2.05, 4.69) is 15.7 Å². The summed E-state index contributed by atoms with van der Waals surface area (Å²) in [5.74, 6) is 5.21. The third kappa shape index (κ3) is 5.39. The van der Waals surface area contributed by atoms with Crippen molar-refractivity contribution < 1.29 is 14.3 Å². The van der Waals surface area contributed by atoms with Gasteiger partial charge in [-0.25, -0.2) is 10.8 Å². The molecular weight excluding hydrogens is 272 g/mol. The lowest BCUT2D eigenvalue weighted by molar-refractivity contribution is 0.0692. The highest BCUT2D eigenvalue weighted by molar-refractivity contribution is 6.33. The van der Waals surface area contributed by atoms with E-state index in [0.717, 1.165) is 0 Å². The van der Waals surface area contributed by atoms with E-state index >= 15 is 0 Å². The summed E-state index contributed by atoms with van der Waals surface area (Å²) in [5, 5.41) is 2.91. The molecule has 7 nitrogen and oxygen atoms in total. The van der Waals surface area contributed by atoms with Crippen LogP contribution in [0.1, 0.15) is 10.5 Å². The van der Waals surface area contributed by atoms with Gasteiger partial charge in [0.15, 0.2) is 0 Å². The maximum atomic E-state index is 11.8. The van der Waals surface area contributed by atoms with Crippen LogP contribution in [0.25, 0.3) is 0 Å². The number of hydrazine groups is 1. The minimum Gasteiger partial charge on any atom is -0.382 e. The van der Waals surface area contributed by atoms with Crippen LogP contribution in [0.2, 0.25) is 5.02 Å². The molecule has 1 aromatic heterocycles. The van der Waals surface area contributed by atoms with Crippen LogP contribution in [0.5, 0.6) is 0 Å². The largest absolute Gasteiger partial charge is 0.382 e. The summed E-state index contributed by atoms with van der Waals surface area (Å²) in [7, 11) is 1.59. The molecule has 1 amide bonds. The summed E-state index contributed by atoms with van der Waals surface area (Å²) in [6.07, 6.45) is 0. The number of amides is 1. The second-order valence-corrected chi connectivity index (χ2v) is 3.94. The van der Waals surface area contributed by atoms with Crippen LogP contribution in [-0.4, -0.2) is 44.4 Å². The number of nitrogens with zero attached hydrogens (tertiary/aromatic N) is 1. The van der Waals surface area contributed by atoms with Crippen LogP contribution in [0.15, 0.2) is 12.1 Å². The lowest BCUT2D eigenvalue weighted by atomic mass is 10.3. The van der Waals surface area contributed by atoms with Gasteiger partial charge in [0.2, 0.25) is 0 Å². The average Bonchev–Trinajstić information content (AvgIpc) is 2.43. The first-order chi connectivity index (χ1) is 9.19. The lowest BCUT2D eigenvalue weighted by Crippen LogP contribution is -2.29. The Morgan fingerprint density at radius 2 is 2.21 bits per heavy atom. The van der Waals surface area contributed by atoms with Crippen LogP contribution >= 0.6 is 11.6 Å². The first kappa shape index (κ1) is 15.6. The molecule has 1 aromatic rings. The fourth-order valence-corrected chi connectivity index (χ4v) is 1.44. The van der Waals surface area contributed by atoms with Crippen molar-refractivity contribution >= 4 is 23.3 Å². The molecule has 0 atom stereocenters. The summed E-state index contributed by atoms with van der Waals surface area (Å²) in [6.45, 7) is 1.76. The van der Waals surface area contributed by atoms with Crippen LogP contribution in [-0.2, 0) is 9.47 Å². The normalized spacial score (nSPS) is 10.3. The van der Waals surface area contributed by atoms with Gasteiger partial charge in [-0.2, -0.15) is 0 Å². The fraction of sp³-hybridized carbons (Fsp3) is 0.455. The maximum absolute atomic E-state index is 11.8. The van der Waals surface area contributed by atoms with Gasteiger partial charge < -0.3 is 20.2 Å². The number of methoxy groups -OCH3 is 1. The summed E-state index contributed by atoms with van der Waals surface area (Å²) in [4.78, 5) is 15.8. The number of hydrogen-bond acceptors (Lipinski definition) is 6. The van der Waals surface area contributed by atoms with Crippen molar-refractivity contribution in [2.24, 2.45) is 5.84 Å². The molecule has 0 unspecified atom stereocenters. The van der Waals surface area contributed by atoms with E-state index in [1.165, 1.54) is 0 Å². The van der Waals surface area contributed by atoms with Crippen LogP contribution in [0, 0.1) is 0 Å². The number of carbonyl (C=O) groups is 1. The molecule has 19 heavy (non-hydrogen) atoms. The SMILES string of the molecule is COCCOCCNC(=O)c1nc(NN)ccc1Cl. The van der Waals surface area contributed by atoms with E-state index < -0.39 is 0 Å². The Bertz CT molecular complexity index is 417. The van der Waals surface area contributed by atoms with Gasteiger partial charge in [-0.3, -0.25) is 4.79 Å². The zero-order valence-corrected chi connectivity index (χ0v) is 11.4. The van der Waals surface area contributed by atoms with Crippen molar-refractivity contribution in [1.29, 1.82) is 0 Å². The Hall–Kier alpha value is -1.41. The molecule has 1 heterocycles. The van der Waals surface area contributed by atoms with Crippen molar-refractivity contribution in [1.82, 2.24) is 10.3 Å². The summed E-state index contributed by atoms with van der Waals surface area (Å²) in [6, 6.07) is 3.13. The molecule has 0 saturated heterocycles. The number of pyridine rings is 1. The van der Waals surface area contributed by atoms with Gasteiger partial charge in [0.25, 0.3) is 5.91 Å². The molecule has 0 aliphatic rings. The number of nitrogen functional groups attached to an aromatic ring is 1. The van der Waals surface area contributed by atoms with E-state index in [9.17, 15) is 4.79 Å². The monoisotopic (exact) mass is 288 g/mol. The minimum absolute atomic E-state index is 0.119. The second kappa shape index (κ2) is 8.65. The zero-order chi connectivity index (χ0) is 14.1. The van der Waals surface area contributed by atoms with Crippen LogP contribution in [0.3, 0.4) is 0 Å². The van der Waals surface area contributed by atoms with Gasteiger partial charge in [0.1, 0.15) is 11.5 Å². The van der Waals surface area contributed by atoms with Crippen molar-refractivity contribution in [2.45, 2.75) is 0 Å². The Balaban J connectivity index is 2.40. The predicted octanol–water partition coefficient (Wildman–Crippen LogP) is 0.413. The van der Waals surface area contributed by atoms with E-state index in [1.54, 1.807) is 19.2 Å². The summed E-state index contributed by atoms with van der Waals surface area (Å²) >= 11 is 5.89. The average molecular weight is 289 g/mol. The smallest absolute Gasteiger partial charge is 0.271 e. The van der Waals surface area contributed by atoms with E-state index in [1.807, 2.05) is 0 Å². The first-order valence-electron chi connectivity index (χ1n) is 5.67. The number of hydrogen-bond donors (Lipinski definition) is 3. The molecular formula is C11H17ClN4O3. The molecule has 0 aliphatic carbocycles. The number of halogens is 1. The standard InChI is InChI=1S/C11H17ClN4O3/c1-18-6-7-19-5-4-14-11(17)10-8(12)2-3-9(15-10)16-13/h2-3H,4-7,13H2,1H3,(H,14,17)(H,15,16). The molecule has 0 bridgehead atoms. The third-order valence-corrected chi connectivity index (χ3v) is 2.48. The quantitative estimate of drug-likeness (QED) is 0.364. The highest BCUT2D eigenvalue weighted by Crippen LogP contribution is 2.15. The van der Waals surface area contributed by atoms with Gasteiger partial charge in [-0.15, -0.1) is 0 Å². The number of rotatable bonds is 8. The van der Waals surface area contributed by atoms with Gasteiger partial charge >= 0.3 is 0 Å². The number of aromatic nitrogens is 1. The summed E-state index contributed by atoms with van der Waals surface area (Å²) < 4.78 is 10.0. The number of nitrogens with one attached hydrogen (secondary N) is 2. The van der Waals surface area contributed by atoms with E-state index in [0.29, 0.717) is 32.2 Å². The number of carbonyl (C=O) groups excluding carboxylic acids is 1. The fourth-order valence-electron chi connectivity index (χ4n) is 1.25. The number of ether oxygens (including phenoxy) is 2. The number of anilines is 1. The van der Waals surface area contributed by atoms with E-state index in [4.69, 9.17) is 26.9 Å². The highest BCUT2D eigenvalue weighted by atomic mass is 35.5. The minimum atomic E-state index is -0.377. The van der Waals surface area contributed by atoms with Gasteiger partial charge in [-0.05, 0) is 12.1 Å². The first-order valence-corrected chi connectivity index (χ1v) is 6.05. The molecule has 0 aromatic carbocycles. The van der Waals surface area contributed by atoms with Crippen LogP contribution in [0.4, 0.5) is 5.82 Å². The number of nitrogens with two attached hydrogens (primary N) is 1. The molecule has 0 radical (unpaired) electrons. The predicted molar refractivity (Wildman–Crippen MR) is 72.1 cm³/mol. The molecule has 106 valence electrons. The zero-order valence-electron chi connectivity index (χ0n) is 10.6. The van der Waals surface area contributed by atoms with Crippen LogP contribution < -0.4 is 16.6 Å². The molecule has 0 saturated carbocycles. The van der Waals surface area contributed by atoms with Gasteiger partial charge in [-0.1, -0.05) is 11.6 Å². The Morgan fingerprint density at radius 1 is 1.42 bits per heavy atom. The maximum Gasteiger partial charge on any atom is 0.271 e. The van der Waals surface area contributed by atoms with Crippen molar-refractivity contribution in [3.8, 4) is 0 Å². The van der Waals surface area contributed by atoms with Crippen molar-refractivity contribution in [3.05, 3.63) is 22.8 Å². The molecule has 4 N–H and O–H groups in total. The van der Waals surface area contributed by atoms with Gasteiger partial charge in [0, 0.05) is 13.7 Å². The van der Waals surface area contributed by atoms with E-state index in [-0.39, 0.29) is 16.6 Å². The molecule has 0 fully saturated rings. The topological polar surface area (TPSA) is 98.5 Å². The summed E-state index contributed by atoms with van der Waals surface area (Å²) in [5.41, 5.74) is 2.47. The van der Waals surface area contributed by atoms with Crippen molar-refractivity contribution in [3.63, 3.8) is 0 Å². The lowest BCUT2D eigenvalue weighted by Gasteiger charge is -2.08. The Morgan fingerprint density at radius 3 is 2.89 bits per heavy atom. The third-order valence-electron chi connectivity index (χ3n) is 2.17. The molecule has 1 rings (SSSR count). The molecule has 0 spiro atoms. The molecule has 0 aliphatic heterocycles. The highest BCUT2D eigenvalue weighted by Gasteiger charge is 2.12. The van der Waals surface area contributed by atoms with Gasteiger partial charge in [0.05, 0.1) is 24.8 Å². The Kier molecular flexibility index (Phi) is 7.12. The second-order valence-electron chi connectivity index (χ2n) is 3.53. The Labute approximate surface area is 116 Å².